The molecule has 0 fully saturated rings. The highest BCUT2D eigenvalue weighted by atomic mass is 31.2. The van der Waals surface area contributed by atoms with Crippen LogP contribution in [0, 0.1) is 0 Å². The summed E-state index contributed by atoms with van der Waals surface area (Å²) in [6.07, 6.45) is 47.9. The zero-order valence-electron chi connectivity index (χ0n) is 35.8. The van der Waals surface area contributed by atoms with Crippen LogP contribution in [0.4, 0.5) is 0 Å². The average Bonchev–Trinajstić information content (AvgIpc) is 3.15. The summed E-state index contributed by atoms with van der Waals surface area (Å²) in [5.74, 6) is -0.916. The van der Waals surface area contributed by atoms with Crippen molar-refractivity contribution in [2.24, 2.45) is 0 Å². The van der Waals surface area contributed by atoms with Crippen molar-refractivity contribution in [2.75, 3.05) is 47.5 Å². The summed E-state index contributed by atoms with van der Waals surface area (Å²) in [4.78, 5) is 35.3. The second-order valence-corrected chi connectivity index (χ2v) is 16.4. The highest BCUT2D eigenvalue weighted by Gasteiger charge is 2.27. The summed E-state index contributed by atoms with van der Waals surface area (Å²) in [6, 6.07) is 0. The molecular weight excluding hydrogens is 725 g/mol. The maximum absolute atomic E-state index is 12.6. The quantitative estimate of drug-likeness (QED) is 0.0217. The van der Waals surface area contributed by atoms with Crippen LogP contribution in [0.5, 0.6) is 0 Å². The van der Waals surface area contributed by atoms with E-state index in [1.54, 1.807) is 0 Å². The zero-order valence-corrected chi connectivity index (χ0v) is 36.7. The van der Waals surface area contributed by atoms with Gasteiger partial charge in [0.15, 0.2) is 6.10 Å². The van der Waals surface area contributed by atoms with E-state index in [-0.39, 0.29) is 26.1 Å². The summed E-state index contributed by atoms with van der Waals surface area (Å²) in [5, 5.41) is 0. The first-order chi connectivity index (χ1) is 27.0. The van der Waals surface area contributed by atoms with E-state index in [4.69, 9.17) is 18.5 Å². The number of carbonyl (C=O) groups is 2. The fourth-order valence-corrected chi connectivity index (χ4v) is 5.83. The molecule has 56 heavy (non-hydrogen) atoms. The molecule has 0 saturated heterocycles. The Kier molecular flexibility index (Phi) is 35.9. The topological polar surface area (TPSA) is 108 Å². The van der Waals surface area contributed by atoms with Crippen LogP contribution in [-0.2, 0) is 32.7 Å². The van der Waals surface area contributed by atoms with E-state index < -0.39 is 32.5 Å². The molecular formula is C46H79NO8P+. The SMILES string of the molecule is CC/C=C\C/C=C\C/C=C\C/C=C\C/C=C\C/C=C\CCC(=O)O[C@H](COC(=O)CCCCCCC/C=C\CCCCCC)COP(=O)(O)OCC[N+](C)(C)C. The third-order valence-corrected chi connectivity index (χ3v) is 9.41. The molecule has 320 valence electrons. The lowest BCUT2D eigenvalue weighted by Gasteiger charge is -2.24. The Morgan fingerprint density at radius 3 is 1.59 bits per heavy atom. The molecule has 0 bridgehead atoms. The van der Waals surface area contributed by atoms with E-state index in [0.29, 0.717) is 23.9 Å². The molecule has 0 heterocycles. The van der Waals surface area contributed by atoms with Crippen LogP contribution in [0.2, 0.25) is 0 Å². The molecule has 9 nitrogen and oxygen atoms in total. The van der Waals surface area contributed by atoms with E-state index in [2.05, 4.69) is 86.8 Å². The molecule has 0 aliphatic heterocycles. The Hall–Kier alpha value is -2.81. The molecule has 0 aromatic rings. The van der Waals surface area contributed by atoms with Gasteiger partial charge < -0.3 is 18.9 Å². The first kappa shape index (κ1) is 53.2. The van der Waals surface area contributed by atoms with Crippen molar-refractivity contribution in [1.82, 2.24) is 0 Å². The lowest BCUT2D eigenvalue weighted by Crippen LogP contribution is -2.37. The van der Waals surface area contributed by atoms with Crippen LogP contribution >= 0.6 is 7.82 Å². The van der Waals surface area contributed by atoms with E-state index in [1.807, 2.05) is 33.3 Å². The highest BCUT2D eigenvalue weighted by molar-refractivity contribution is 7.47. The van der Waals surface area contributed by atoms with Crippen LogP contribution in [0.3, 0.4) is 0 Å². The van der Waals surface area contributed by atoms with Crippen molar-refractivity contribution in [3.8, 4) is 0 Å². The van der Waals surface area contributed by atoms with Crippen LogP contribution in [0.25, 0.3) is 0 Å². The molecule has 0 aromatic heterocycles. The minimum absolute atomic E-state index is 0.0124. The van der Waals surface area contributed by atoms with Crippen molar-refractivity contribution < 1.29 is 42.1 Å². The summed E-state index contributed by atoms with van der Waals surface area (Å²) >= 11 is 0. The van der Waals surface area contributed by atoms with Gasteiger partial charge in [-0.3, -0.25) is 18.6 Å². The third-order valence-electron chi connectivity index (χ3n) is 8.42. The van der Waals surface area contributed by atoms with Gasteiger partial charge in [-0.1, -0.05) is 137 Å². The predicted molar refractivity (Wildman–Crippen MR) is 233 cm³/mol. The molecule has 0 rings (SSSR count). The van der Waals surface area contributed by atoms with Gasteiger partial charge in [-0.15, -0.1) is 0 Å². The Labute approximate surface area is 341 Å². The van der Waals surface area contributed by atoms with Gasteiger partial charge in [0.2, 0.25) is 0 Å². The van der Waals surface area contributed by atoms with Gasteiger partial charge in [-0.05, 0) is 77.0 Å². The van der Waals surface area contributed by atoms with Gasteiger partial charge in [0, 0.05) is 12.8 Å². The number of hydrogen-bond acceptors (Lipinski definition) is 7. The first-order valence-electron chi connectivity index (χ1n) is 21.3. The monoisotopic (exact) mass is 805 g/mol. The molecule has 0 amide bonds. The standard InChI is InChI=1S/C46H78NO8P/c1-6-8-10-12-14-16-18-20-21-22-23-24-25-27-29-31-33-35-37-39-46(49)55-44(43-54-56(50,51)53-41-40-47(3,4)5)42-52-45(48)38-36-34-32-30-28-26-19-17-15-13-11-9-7-2/h8,10,14,16-17,19-21,23-24,27,29,33,35,44H,6-7,9,11-13,15,18,22,25-26,28,30-32,34,36-43H2,1-5H3/p+1/b10-8-,16-14-,19-17-,21-20-,24-23-,29-27-,35-33-/t44-/m1/s1. The lowest BCUT2D eigenvalue weighted by molar-refractivity contribution is -0.870. The van der Waals surface area contributed by atoms with Crippen molar-refractivity contribution in [3.63, 3.8) is 0 Å². The second kappa shape index (κ2) is 37.7. The molecule has 0 aromatic carbocycles. The molecule has 10 heteroatoms. The number of ether oxygens (including phenoxy) is 2. The Morgan fingerprint density at radius 1 is 0.571 bits per heavy atom. The molecule has 0 spiro atoms. The average molecular weight is 805 g/mol. The number of unbranched alkanes of at least 4 members (excludes halogenated alkanes) is 9. The van der Waals surface area contributed by atoms with Gasteiger partial charge in [0.05, 0.1) is 27.7 Å². The molecule has 2 atom stereocenters. The zero-order chi connectivity index (χ0) is 41.4. The first-order valence-corrected chi connectivity index (χ1v) is 22.8. The fraction of sp³-hybridized carbons (Fsp3) is 0.652. The minimum atomic E-state index is -4.40. The smallest absolute Gasteiger partial charge is 0.462 e. The van der Waals surface area contributed by atoms with Gasteiger partial charge in [-0.2, -0.15) is 0 Å². The predicted octanol–water partition coefficient (Wildman–Crippen LogP) is 12.0. The molecule has 1 unspecified atom stereocenters. The highest BCUT2D eigenvalue weighted by Crippen LogP contribution is 2.43. The van der Waals surface area contributed by atoms with E-state index >= 15 is 0 Å². The van der Waals surface area contributed by atoms with Crippen molar-refractivity contribution in [3.05, 3.63) is 85.1 Å². The number of allylic oxidation sites excluding steroid dienone is 14. The van der Waals surface area contributed by atoms with Crippen molar-refractivity contribution in [2.45, 2.75) is 148 Å². The van der Waals surface area contributed by atoms with Gasteiger partial charge in [-0.25, -0.2) is 4.57 Å². The van der Waals surface area contributed by atoms with Gasteiger partial charge in [0.25, 0.3) is 0 Å². The summed E-state index contributed by atoms with van der Waals surface area (Å²) in [7, 11) is 1.41. The number of likely N-dealkylation sites (N-methyl/N-ethyl adjacent to an activating group) is 1. The second-order valence-electron chi connectivity index (χ2n) is 15.0. The van der Waals surface area contributed by atoms with Crippen LogP contribution in [0.15, 0.2) is 85.1 Å². The molecule has 0 radical (unpaired) electrons. The van der Waals surface area contributed by atoms with Crippen molar-refractivity contribution in [1.29, 1.82) is 0 Å². The van der Waals surface area contributed by atoms with Gasteiger partial charge >= 0.3 is 19.8 Å². The van der Waals surface area contributed by atoms with Gasteiger partial charge in [0.1, 0.15) is 19.8 Å². The summed E-state index contributed by atoms with van der Waals surface area (Å²) in [6.45, 7) is 4.17. The van der Waals surface area contributed by atoms with E-state index in [0.717, 1.165) is 70.6 Å². The Morgan fingerprint density at radius 2 is 1.05 bits per heavy atom. The normalized spacial score (nSPS) is 14.5. The third kappa shape index (κ3) is 40.8. The fourth-order valence-electron chi connectivity index (χ4n) is 5.09. The molecule has 0 aliphatic rings. The van der Waals surface area contributed by atoms with Crippen LogP contribution < -0.4 is 0 Å². The van der Waals surface area contributed by atoms with E-state index in [1.165, 1.54) is 32.1 Å². The van der Waals surface area contributed by atoms with Crippen molar-refractivity contribution >= 4 is 19.8 Å². The Balaban J connectivity index is 4.55. The largest absolute Gasteiger partial charge is 0.472 e. The summed E-state index contributed by atoms with van der Waals surface area (Å²) < 4.78 is 34.1. The number of carbonyl (C=O) groups excluding carboxylic acids is 2. The Bertz CT molecular complexity index is 1230. The number of quaternary nitrogens is 1. The molecule has 0 aliphatic carbocycles. The lowest BCUT2D eigenvalue weighted by atomic mass is 10.1. The number of nitrogens with zero attached hydrogens (tertiary/aromatic N) is 1. The summed E-state index contributed by atoms with van der Waals surface area (Å²) in [5.41, 5.74) is 0. The minimum Gasteiger partial charge on any atom is -0.462 e. The maximum Gasteiger partial charge on any atom is 0.472 e. The number of hydrogen-bond donors (Lipinski definition) is 1. The number of phosphoric ester groups is 1. The molecule has 0 saturated carbocycles. The maximum atomic E-state index is 12.6. The van der Waals surface area contributed by atoms with E-state index in [9.17, 15) is 19.0 Å². The van der Waals surface area contributed by atoms with Crippen LogP contribution in [0.1, 0.15) is 142 Å². The number of phosphoric acid groups is 1. The number of esters is 2. The molecule has 1 N–H and O–H groups in total. The number of rotatable bonds is 37. The van der Waals surface area contributed by atoms with Crippen LogP contribution in [-0.4, -0.2) is 74.9 Å².